The van der Waals surface area contributed by atoms with Crippen molar-refractivity contribution in [1.29, 1.82) is 0 Å². The molecule has 1 amide bonds. The summed E-state index contributed by atoms with van der Waals surface area (Å²) in [4.78, 5) is 10.0. The highest BCUT2D eigenvalue weighted by Gasteiger charge is 2.02. The fourth-order valence-electron chi connectivity index (χ4n) is 0.148. The van der Waals surface area contributed by atoms with Gasteiger partial charge in [0.05, 0.1) is 0 Å². The SMILES string of the molecule is CNC(=O)[C@H](N)O. The zero-order valence-corrected chi connectivity index (χ0v) is 4.01. The van der Waals surface area contributed by atoms with Gasteiger partial charge in [-0.2, -0.15) is 0 Å². The van der Waals surface area contributed by atoms with Crippen LogP contribution in [0.25, 0.3) is 0 Å². The first-order valence-electron chi connectivity index (χ1n) is 1.83. The van der Waals surface area contributed by atoms with Gasteiger partial charge in [0.1, 0.15) is 0 Å². The second kappa shape index (κ2) is 2.54. The topological polar surface area (TPSA) is 75.4 Å². The summed E-state index contributed by atoms with van der Waals surface area (Å²) in [6.45, 7) is 0. The second-order valence-corrected chi connectivity index (χ2v) is 1.06. The maximum absolute atomic E-state index is 10.0. The summed E-state index contributed by atoms with van der Waals surface area (Å²) in [6.07, 6.45) is -1.38. The first-order valence-corrected chi connectivity index (χ1v) is 1.83. The van der Waals surface area contributed by atoms with E-state index in [1.165, 1.54) is 7.05 Å². The molecule has 0 aromatic rings. The molecule has 4 N–H and O–H groups in total. The molecule has 0 aliphatic heterocycles. The van der Waals surface area contributed by atoms with E-state index in [0.29, 0.717) is 0 Å². The summed E-state index contributed by atoms with van der Waals surface area (Å²) < 4.78 is 0. The summed E-state index contributed by atoms with van der Waals surface area (Å²) in [5.74, 6) is -0.569. The predicted molar refractivity (Wildman–Crippen MR) is 24.3 cm³/mol. The van der Waals surface area contributed by atoms with Crippen LogP contribution < -0.4 is 11.1 Å². The Hall–Kier alpha value is -0.610. The molecule has 0 fully saturated rings. The number of hydrogen-bond acceptors (Lipinski definition) is 3. The standard InChI is InChI=1S/C3H8N2O2/c1-5-3(7)2(4)6/h2,6H,4H2,1H3,(H,5,7)/t2-/m1/s1. The molecular weight excluding hydrogens is 96.0 g/mol. The quantitative estimate of drug-likeness (QED) is 0.337. The van der Waals surface area contributed by atoms with Gasteiger partial charge in [-0.3, -0.25) is 10.5 Å². The van der Waals surface area contributed by atoms with Crippen LogP contribution in [0.15, 0.2) is 0 Å². The second-order valence-electron chi connectivity index (χ2n) is 1.06. The summed E-state index contributed by atoms with van der Waals surface area (Å²) in [7, 11) is 1.40. The van der Waals surface area contributed by atoms with Crippen LogP contribution in [-0.2, 0) is 4.79 Å². The van der Waals surface area contributed by atoms with Crippen molar-refractivity contribution in [3.05, 3.63) is 0 Å². The molecule has 0 heterocycles. The van der Waals surface area contributed by atoms with Crippen LogP contribution in [0, 0.1) is 0 Å². The van der Waals surface area contributed by atoms with Crippen molar-refractivity contribution in [2.24, 2.45) is 5.73 Å². The molecule has 0 unspecified atom stereocenters. The van der Waals surface area contributed by atoms with Crippen LogP contribution in [0.3, 0.4) is 0 Å². The van der Waals surface area contributed by atoms with Crippen LogP contribution in [0.1, 0.15) is 0 Å². The van der Waals surface area contributed by atoms with Gasteiger partial charge < -0.3 is 10.4 Å². The van der Waals surface area contributed by atoms with Gasteiger partial charge in [0.15, 0.2) is 6.23 Å². The Labute approximate surface area is 41.3 Å². The molecule has 0 aliphatic rings. The maximum atomic E-state index is 10.0. The van der Waals surface area contributed by atoms with E-state index in [-0.39, 0.29) is 0 Å². The molecule has 0 saturated heterocycles. The van der Waals surface area contributed by atoms with Crippen molar-refractivity contribution < 1.29 is 9.90 Å². The van der Waals surface area contributed by atoms with E-state index >= 15 is 0 Å². The summed E-state index contributed by atoms with van der Waals surface area (Å²) >= 11 is 0. The lowest BCUT2D eigenvalue weighted by Crippen LogP contribution is -2.38. The Morgan fingerprint density at radius 1 is 2.00 bits per heavy atom. The molecule has 0 spiro atoms. The average Bonchev–Trinajstić information content (AvgIpc) is 1.65. The third-order valence-electron chi connectivity index (χ3n) is 0.515. The Bertz CT molecular complexity index is 71.3. The normalized spacial score (nSPS) is 13.0. The maximum Gasteiger partial charge on any atom is 0.263 e. The van der Waals surface area contributed by atoms with Gasteiger partial charge in [0, 0.05) is 7.05 Å². The Balaban J connectivity index is 3.35. The van der Waals surface area contributed by atoms with Crippen molar-refractivity contribution >= 4 is 5.91 Å². The molecule has 4 nitrogen and oxygen atoms in total. The van der Waals surface area contributed by atoms with Crippen molar-refractivity contribution in [3.8, 4) is 0 Å². The number of hydrogen-bond donors (Lipinski definition) is 3. The number of nitrogens with two attached hydrogens (primary N) is 1. The number of carbonyl (C=O) groups excluding carboxylic acids is 1. The largest absolute Gasteiger partial charge is 0.370 e. The minimum absolute atomic E-state index is 0.569. The smallest absolute Gasteiger partial charge is 0.263 e. The molecule has 0 aromatic heterocycles. The van der Waals surface area contributed by atoms with Crippen molar-refractivity contribution in [1.82, 2.24) is 5.32 Å². The lowest BCUT2D eigenvalue weighted by molar-refractivity contribution is -0.128. The van der Waals surface area contributed by atoms with Crippen molar-refractivity contribution in [2.75, 3.05) is 7.05 Å². The number of aliphatic hydroxyl groups is 1. The van der Waals surface area contributed by atoms with Crippen molar-refractivity contribution in [2.45, 2.75) is 6.23 Å². The van der Waals surface area contributed by atoms with Gasteiger partial charge in [-0.15, -0.1) is 0 Å². The molecule has 0 radical (unpaired) electrons. The molecular formula is C3H8N2O2. The summed E-state index contributed by atoms with van der Waals surface area (Å²) in [6, 6.07) is 0. The van der Waals surface area contributed by atoms with E-state index < -0.39 is 12.1 Å². The first-order chi connectivity index (χ1) is 3.18. The van der Waals surface area contributed by atoms with E-state index in [9.17, 15) is 4.79 Å². The van der Waals surface area contributed by atoms with E-state index in [4.69, 9.17) is 5.11 Å². The number of likely N-dealkylation sites (N-methyl/N-ethyl adjacent to an activating group) is 1. The average molecular weight is 104 g/mol. The molecule has 0 aliphatic carbocycles. The molecule has 0 saturated carbocycles. The van der Waals surface area contributed by atoms with Gasteiger partial charge in [-0.25, -0.2) is 0 Å². The van der Waals surface area contributed by atoms with E-state index in [1.807, 2.05) is 0 Å². The third-order valence-corrected chi connectivity index (χ3v) is 0.515. The lowest BCUT2D eigenvalue weighted by atomic mass is 10.5. The zero-order chi connectivity index (χ0) is 5.86. The number of aliphatic hydroxyl groups excluding tert-OH is 1. The molecule has 7 heavy (non-hydrogen) atoms. The molecule has 0 aromatic carbocycles. The Morgan fingerprint density at radius 3 is 2.43 bits per heavy atom. The summed E-state index contributed by atoms with van der Waals surface area (Å²) in [5, 5.41) is 10.3. The highest BCUT2D eigenvalue weighted by atomic mass is 16.3. The van der Waals surface area contributed by atoms with Gasteiger partial charge in [-0.1, -0.05) is 0 Å². The van der Waals surface area contributed by atoms with Gasteiger partial charge in [0.2, 0.25) is 0 Å². The number of carbonyl (C=O) groups is 1. The van der Waals surface area contributed by atoms with Gasteiger partial charge in [-0.05, 0) is 0 Å². The van der Waals surface area contributed by atoms with Crippen LogP contribution >= 0.6 is 0 Å². The fraction of sp³-hybridized carbons (Fsp3) is 0.667. The van der Waals surface area contributed by atoms with E-state index in [2.05, 4.69) is 11.1 Å². The predicted octanol–water partition coefficient (Wildman–Crippen LogP) is -1.99. The van der Waals surface area contributed by atoms with Gasteiger partial charge >= 0.3 is 0 Å². The minimum atomic E-state index is -1.38. The molecule has 0 rings (SSSR count). The minimum Gasteiger partial charge on any atom is -0.370 e. The zero-order valence-electron chi connectivity index (χ0n) is 4.01. The Kier molecular flexibility index (Phi) is 2.32. The fourth-order valence-corrected chi connectivity index (χ4v) is 0.148. The molecule has 0 bridgehead atoms. The van der Waals surface area contributed by atoms with Crippen molar-refractivity contribution in [3.63, 3.8) is 0 Å². The highest BCUT2D eigenvalue weighted by molar-refractivity contribution is 5.79. The highest BCUT2D eigenvalue weighted by Crippen LogP contribution is 1.63. The van der Waals surface area contributed by atoms with E-state index in [1.54, 1.807) is 0 Å². The first kappa shape index (κ1) is 6.39. The van der Waals surface area contributed by atoms with Crippen LogP contribution in [0.5, 0.6) is 0 Å². The molecule has 4 heteroatoms. The van der Waals surface area contributed by atoms with Crippen LogP contribution in [0.4, 0.5) is 0 Å². The third kappa shape index (κ3) is 2.13. The van der Waals surface area contributed by atoms with Gasteiger partial charge in [0.25, 0.3) is 5.91 Å². The van der Waals surface area contributed by atoms with E-state index in [0.717, 1.165) is 0 Å². The number of nitrogens with one attached hydrogen (secondary N) is 1. The Morgan fingerprint density at radius 2 is 2.43 bits per heavy atom. The number of amides is 1. The number of rotatable bonds is 1. The molecule has 1 atom stereocenters. The van der Waals surface area contributed by atoms with Crippen LogP contribution in [-0.4, -0.2) is 24.3 Å². The molecule has 42 valence electrons. The monoisotopic (exact) mass is 104 g/mol. The van der Waals surface area contributed by atoms with Crippen LogP contribution in [0.2, 0.25) is 0 Å². The summed E-state index contributed by atoms with van der Waals surface area (Å²) in [5.41, 5.74) is 4.69. The lowest BCUT2D eigenvalue weighted by Gasteiger charge is -1.98.